The SMILES string of the molecule is CCC(C)N1C(=O)SC(=Cc2cc(Cl)c(OC)c(OC)c2)C1=O. The number of benzene rings is 1. The fraction of sp³-hybridized carbons (Fsp3) is 0.375. The van der Waals surface area contributed by atoms with E-state index in [2.05, 4.69) is 0 Å². The predicted octanol–water partition coefficient (Wildman–Crippen LogP) is 4.19. The quantitative estimate of drug-likeness (QED) is 0.741. The number of carbonyl (C=O) groups is 2. The molecule has 2 amide bonds. The van der Waals surface area contributed by atoms with E-state index in [-0.39, 0.29) is 17.2 Å². The van der Waals surface area contributed by atoms with Gasteiger partial charge in [0.1, 0.15) is 0 Å². The molecule has 1 aliphatic rings. The number of nitrogens with zero attached hydrogens (tertiary/aromatic N) is 1. The van der Waals surface area contributed by atoms with Crippen molar-refractivity contribution in [1.82, 2.24) is 4.90 Å². The van der Waals surface area contributed by atoms with Crippen molar-refractivity contribution in [3.63, 3.8) is 0 Å². The first kappa shape index (κ1) is 17.7. The van der Waals surface area contributed by atoms with Crippen molar-refractivity contribution < 1.29 is 19.1 Å². The Balaban J connectivity index is 2.38. The molecule has 0 saturated carbocycles. The monoisotopic (exact) mass is 355 g/mol. The summed E-state index contributed by atoms with van der Waals surface area (Å²) >= 11 is 7.10. The van der Waals surface area contributed by atoms with E-state index in [4.69, 9.17) is 21.1 Å². The number of imide groups is 1. The summed E-state index contributed by atoms with van der Waals surface area (Å²) in [6, 6.07) is 3.25. The van der Waals surface area contributed by atoms with Crippen LogP contribution < -0.4 is 9.47 Å². The maximum atomic E-state index is 12.4. The first-order chi connectivity index (χ1) is 10.9. The normalized spacial score (nSPS) is 17.8. The number of halogens is 1. The van der Waals surface area contributed by atoms with Crippen LogP contribution in [0.25, 0.3) is 6.08 Å². The van der Waals surface area contributed by atoms with Gasteiger partial charge in [-0.05, 0) is 48.9 Å². The highest BCUT2D eigenvalue weighted by atomic mass is 35.5. The Kier molecular flexibility index (Phi) is 5.59. The third-order valence-electron chi connectivity index (χ3n) is 3.61. The lowest BCUT2D eigenvalue weighted by Gasteiger charge is -2.19. The Morgan fingerprint density at radius 1 is 1.30 bits per heavy atom. The Labute approximate surface area is 144 Å². The summed E-state index contributed by atoms with van der Waals surface area (Å²) in [5, 5.41) is 0.126. The molecule has 1 saturated heterocycles. The number of ether oxygens (including phenoxy) is 2. The fourth-order valence-electron chi connectivity index (χ4n) is 2.21. The van der Waals surface area contributed by atoms with Gasteiger partial charge in [0.15, 0.2) is 11.5 Å². The van der Waals surface area contributed by atoms with E-state index >= 15 is 0 Å². The molecule has 2 rings (SSSR count). The van der Waals surface area contributed by atoms with Gasteiger partial charge in [-0.2, -0.15) is 0 Å². The van der Waals surface area contributed by atoms with E-state index in [0.29, 0.717) is 33.4 Å². The average molecular weight is 356 g/mol. The van der Waals surface area contributed by atoms with Crippen LogP contribution in [-0.4, -0.2) is 36.3 Å². The van der Waals surface area contributed by atoms with E-state index in [9.17, 15) is 9.59 Å². The van der Waals surface area contributed by atoms with Crippen LogP contribution in [0.5, 0.6) is 11.5 Å². The second-order valence-electron chi connectivity index (χ2n) is 5.05. The number of rotatable bonds is 5. The van der Waals surface area contributed by atoms with Crippen LogP contribution in [0, 0.1) is 0 Å². The summed E-state index contributed by atoms with van der Waals surface area (Å²) in [7, 11) is 3.01. The zero-order valence-corrected chi connectivity index (χ0v) is 15.0. The van der Waals surface area contributed by atoms with Crippen LogP contribution in [-0.2, 0) is 4.79 Å². The highest BCUT2D eigenvalue weighted by Gasteiger charge is 2.37. The second-order valence-corrected chi connectivity index (χ2v) is 6.45. The lowest BCUT2D eigenvalue weighted by Crippen LogP contribution is -2.36. The molecule has 1 fully saturated rings. The van der Waals surface area contributed by atoms with E-state index in [0.717, 1.165) is 11.8 Å². The number of hydrogen-bond donors (Lipinski definition) is 0. The molecule has 23 heavy (non-hydrogen) atoms. The van der Waals surface area contributed by atoms with Crippen LogP contribution in [0.1, 0.15) is 25.8 Å². The van der Waals surface area contributed by atoms with Crippen LogP contribution in [0.2, 0.25) is 5.02 Å². The Morgan fingerprint density at radius 2 is 2.00 bits per heavy atom. The van der Waals surface area contributed by atoms with Crippen molar-refractivity contribution in [2.45, 2.75) is 26.3 Å². The van der Waals surface area contributed by atoms with Crippen LogP contribution >= 0.6 is 23.4 Å². The summed E-state index contributed by atoms with van der Waals surface area (Å²) in [4.78, 5) is 26.1. The molecular weight excluding hydrogens is 338 g/mol. The molecule has 1 heterocycles. The van der Waals surface area contributed by atoms with E-state index in [1.807, 2.05) is 13.8 Å². The summed E-state index contributed by atoms with van der Waals surface area (Å²) in [6.07, 6.45) is 2.36. The molecule has 1 aromatic rings. The highest BCUT2D eigenvalue weighted by Crippen LogP contribution is 2.39. The molecule has 1 unspecified atom stereocenters. The maximum absolute atomic E-state index is 12.4. The van der Waals surface area contributed by atoms with Gasteiger partial charge in [0, 0.05) is 6.04 Å². The van der Waals surface area contributed by atoms with Gasteiger partial charge >= 0.3 is 0 Å². The Hall–Kier alpha value is -1.66. The smallest absolute Gasteiger partial charge is 0.293 e. The minimum Gasteiger partial charge on any atom is -0.493 e. The molecule has 0 bridgehead atoms. The highest BCUT2D eigenvalue weighted by molar-refractivity contribution is 8.18. The van der Waals surface area contributed by atoms with Crippen molar-refractivity contribution in [3.05, 3.63) is 27.6 Å². The van der Waals surface area contributed by atoms with Crippen LogP contribution in [0.4, 0.5) is 4.79 Å². The molecule has 0 spiro atoms. The minimum absolute atomic E-state index is 0.123. The molecular formula is C16H18ClNO4S. The summed E-state index contributed by atoms with van der Waals surface area (Å²) < 4.78 is 10.4. The fourth-order valence-corrected chi connectivity index (χ4v) is 3.44. The van der Waals surface area contributed by atoms with Crippen molar-refractivity contribution in [3.8, 4) is 11.5 Å². The summed E-state index contributed by atoms with van der Waals surface area (Å²) in [6.45, 7) is 3.79. The molecule has 1 atom stereocenters. The predicted molar refractivity (Wildman–Crippen MR) is 92.1 cm³/mol. The average Bonchev–Trinajstić information content (AvgIpc) is 2.80. The molecule has 0 aromatic heterocycles. The van der Waals surface area contributed by atoms with E-state index in [1.165, 1.54) is 19.1 Å². The van der Waals surface area contributed by atoms with Crippen molar-refractivity contribution in [1.29, 1.82) is 0 Å². The zero-order valence-electron chi connectivity index (χ0n) is 13.4. The van der Waals surface area contributed by atoms with Gasteiger partial charge in [0.25, 0.3) is 11.1 Å². The number of amides is 2. The van der Waals surface area contributed by atoms with Crippen LogP contribution in [0.15, 0.2) is 17.0 Å². The molecule has 1 aromatic carbocycles. The summed E-state index contributed by atoms with van der Waals surface area (Å²) in [5.41, 5.74) is 0.669. The number of methoxy groups -OCH3 is 2. The van der Waals surface area contributed by atoms with Crippen LogP contribution in [0.3, 0.4) is 0 Å². The Morgan fingerprint density at radius 3 is 2.57 bits per heavy atom. The van der Waals surface area contributed by atoms with Gasteiger partial charge in [0.05, 0.1) is 24.1 Å². The van der Waals surface area contributed by atoms with Gasteiger partial charge in [0.2, 0.25) is 0 Å². The largest absolute Gasteiger partial charge is 0.493 e. The third-order valence-corrected chi connectivity index (χ3v) is 4.77. The van der Waals surface area contributed by atoms with E-state index < -0.39 is 0 Å². The number of thioether (sulfide) groups is 1. The molecule has 5 nitrogen and oxygen atoms in total. The molecule has 1 aliphatic heterocycles. The molecule has 7 heteroatoms. The van der Waals surface area contributed by atoms with Crippen molar-refractivity contribution >= 4 is 40.6 Å². The van der Waals surface area contributed by atoms with Crippen molar-refractivity contribution in [2.24, 2.45) is 0 Å². The van der Waals surface area contributed by atoms with Gasteiger partial charge in [-0.25, -0.2) is 0 Å². The number of hydrogen-bond acceptors (Lipinski definition) is 5. The minimum atomic E-state index is -0.278. The maximum Gasteiger partial charge on any atom is 0.293 e. The Bertz CT molecular complexity index is 674. The molecule has 0 aliphatic carbocycles. The lowest BCUT2D eigenvalue weighted by atomic mass is 10.1. The standard InChI is InChI=1S/C16H18ClNO4S/c1-5-9(2)18-15(19)13(23-16(18)20)8-10-6-11(17)14(22-4)12(7-10)21-3/h6-9H,5H2,1-4H3. The van der Waals surface area contributed by atoms with Gasteiger partial charge in [-0.3, -0.25) is 14.5 Å². The lowest BCUT2D eigenvalue weighted by molar-refractivity contribution is -0.124. The third kappa shape index (κ3) is 3.48. The van der Waals surface area contributed by atoms with Gasteiger partial charge < -0.3 is 9.47 Å². The second kappa shape index (κ2) is 7.27. The first-order valence-corrected chi connectivity index (χ1v) is 8.30. The summed E-state index contributed by atoms with van der Waals surface area (Å²) in [5.74, 6) is 0.617. The molecule has 0 N–H and O–H groups in total. The molecule has 124 valence electrons. The zero-order chi connectivity index (χ0) is 17.1. The van der Waals surface area contributed by atoms with E-state index in [1.54, 1.807) is 18.2 Å². The van der Waals surface area contributed by atoms with Gasteiger partial charge in [-0.1, -0.05) is 18.5 Å². The van der Waals surface area contributed by atoms with Crippen molar-refractivity contribution in [2.75, 3.05) is 14.2 Å². The topological polar surface area (TPSA) is 55.8 Å². The van der Waals surface area contributed by atoms with Gasteiger partial charge in [-0.15, -0.1) is 0 Å². The molecule has 0 radical (unpaired) electrons. The number of carbonyl (C=O) groups excluding carboxylic acids is 2. The first-order valence-electron chi connectivity index (χ1n) is 7.11.